The van der Waals surface area contributed by atoms with E-state index in [1.165, 1.54) is 25.3 Å². The molecule has 0 unspecified atom stereocenters. The van der Waals surface area contributed by atoms with Crippen LogP contribution in [-0.2, 0) is 26.0 Å². The summed E-state index contributed by atoms with van der Waals surface area (Å²) in [5.74, 6) is -7.56. The zero-order valence-electron chi connectivity index (χ0n) is 19.6. The zero-order chi connectivity index (χ0) is 27.1. The largest absolute Gasteiger partial charge is 0.381 e. The van der Waals surface area contributed by atoms with Crippen LogP contribution in [0.5, 0.6) is 0 Å². The third-order valence-electron chi connectivity index (χ3n) is 6.89. The van der Waals surface area contributed by atoms with Gasteiger partial charge < -0.3 is 9.64 Å². The quantitative estimate of drug-likeness (QED) is 0.482. The third-order valence-corrected chi connectivity index (χ3v) is 7.95. The van der Waals surface area contributed by atoms with Crippen molar-refractivity contribution in [3.8, 4) is 11.1 Å². The molecule has 4 rings (SSSR count). The van der Waals surface area contributed by atoms with Crippen LogP contribution in [0.25, 0.3) is 11.1 Å². The number of alkyl halides is 3. The number of benzene rings is 2. The highest BCUT2D eigenvalue weighted by molar-refractivity contribution is 7.89. The van der Waals surface area contributed by atoms with Crippen molar-refractivity contribution in [2.24, 2.45) is 5.41 Å². The molecule has 6 nitrogen and oxygen atoms in total. The second-order valence-electron chi connectivity index (χ2n) is 9.36. The summed E-state index contributed by atoms with van der Waals surface area (Å²) in [6, 6.07) is 4.01. The maximum Gasteiger partial charge on any atom is 0.350 e. The fraction of sp³-hybridized carbons (Fsp3) is 0.458. The molecule has 0 radical (unpaired) electrons. The molecule has 1 heterocycles. The monoisotopic (exact) mass is 550 g/mol. The van der Waals surface area contributed by atoms with Crippen molar-refractivity contribution < 1.29 is 44.3 Å². The molecule has 0 aromatic heterocycles. The van der Waals surface area contributed by atoms with E-state index in [-0.39, 0.29) is 29.7 Å². The Balaban J connectivity index is 1.74. The first-order valence-corrected chi connectivity index (χ1v) is 12.9. The summed E-state index contributed by atoms with van der Waals surface area (Å²) in [4.78, 5) is 14.0. The first kappa shape index (κ1) is 27.4. The number of rotatable bonds is 9. The van der Waals surface area contributed by atoms with Gasteiger partial charge in [0.25, 0.3) is 15.9 Å². The van der Waals surface area contributed by atoms with Crippen LogP contribution in [0.15, 0.2) is 36.4 Å². The van der Waals surface area contributed by atoms with Gasteiger partial charge in [0.1, 0.15) is 17.5 Å². The van der Waals surface area contributed by atoms with Crippen molar-refractivity contribution >= 4 is 15.9 Å². The van der Waals surface area contributed by atoms with Gasteiger partial charge in [-0.3, -0.25) is 4.79 Å². The average Bonchev–Trinajstić information content (AvgIpc) is 3.54. The van der Waals surface area contributed by atoms with E-state index in [1.807, 2.05) is 4.72 Å². The summed E-state index contributed by atoms with van der Waals surface area (Å²) >= 11 is 0. The molecule has 1 amide bonds. The number of hydrogen-bond acceptors (Lipinski definition) is 4. The van der Waals surface area contributed by atoms with Crippen LogP contribution < -0.4 is 4.72 Å². The van der Waals surface area contributed by atoms with Crippen molar-refractivity contribution in [1.82, 2.24) is 9.62 Å². The van der Waals surface area contributed by atoms with Gasteiger partial charge in [-0.1, -0.05) is 18.2 Å². The van der Waals surface area contributed by atoms with Crippen molar-refractivity contribution in [2.45, 2.75) is 43.3 Å². The number of carbonyl (C=O) groups excluding carboxylic acids is 1. The number of ether oxygens (including phenoxy) is 1. The fourth-order valence-corrected chi connectivity index (χ4v) is 5.83. The molecule has 1 N–H and O–H groups in total. The number of methoxy groups -OCH3 is 1. The van der Waals surface area contributed by atoms with Crippen LogP contribution >= 0.6 is 0 Å². The lowest BCUT2D eigenvalue weighted by Gasteiger charge is -2.30. The summed E-state index contributed by atoms with van der Waals surface area (Å²) in [5.41, 5.74) is -1.25. The molecule has 2 fully saturated rings. The molecule has 202 valence electrons. The maximum atomic E-state index is 15.6. The third kappa shape index (κ3) is 5.48. The number of amides is 1. The molecule has 2 aliphatic rings. The summed E-state index contributed by atoms with van der Waals surface area (Å²) in [6.45, 7) is -0.703. The van der Waals surface area contributed by atoms with Crippen molar-refractivity contribution in [1.29, 1.82) is 0 Å². The van der Waals surface area contributed by atoms with Gasteiger partial charge >= 0.3 is 5.76 Å². The summed E-state index contributed by atoms with van der Waals surface area (Å²) in [7, 11) is -3.93. The first-order valence-electron chi connectivity index (χ1n) is 11.3. The van der Waals surface area contributed by atoms with E-state index in [2.05, 4.69) is 0 Å². The number of likely N-dealkylation sites (tertiary alicyclic amines) is 1. The molecule has 2 aromatic carbocycles. The highest BCUT2D eigenvalue weighted by Crippen LogP contribution is 2.56. The fourth-order valence-electron chi connectivity index (χ4n) is 4.97. The number of hydrogen-bond donors (Lipinski definition) is 1. The molecule has 13 heteroatoms. The Kier molecular flexibility index (Phi) is 7.59. The SMILES string of the molecule is COC[C@@H](F)C(=O)N1CC2(CC2)[C@H](NS(=O)(=O)C(F)F)[C@@H]1Cc1cccc(-c2cc(F)cc(F)c2)c1F. The second kappa shape index (κ2) is 10.3. The van der Waals surface area contributed by atoms with Gasteiger partial charge in [0, 0.05) is 36.7 Å². The molecule has 37 heavy (non-hydrogen) atoms. The van der Waals surface area contributed by atoms with Crippen LogP contribution in [0.4, 0.5) is 26.3 Å². The Bertz CT molecular complexity index is 1270. The maximum absolute atomic E-state index is 15.6. The Hall–Kier alpha value is -2.64. The minimum absolute atomic E-state index is 0.0777. The van der Waals surface area contributed by atoms with Crippen molar-refractivity contribution in [3.05, 3.63) is 59.4 Å². The molecule has 1 saturated heterocycles. The number of carbonyl (C=O) groups is 1. The number of nitrogens with zero attached hydrogens (tertiary/aromatic N) is 1. The number of nitrogens with one attached hydrogen (secondary N) is 1. The molecule has 1 spiro atoms. The van der Waals surface area contributed by atoms with Gasteiger partial charge in [-0.05, 0) is 42.5 Å². The lowest BCUT2D eigenvalue weighted by molar-refractivity contribution is -0.139. The lowest BCUT2D eigenvalue weighted by Crippen LogP contribution is -2.52. The minimum atomic E-state index is -5.11. The van der Waals surface area contributed by atoms with E-state index >= 15 is 4.39 Å². The standard InChI is InChI=1S/C24H24F6N2O4S/c1-36-11-18(27)22(33)32-12-24(5-6-24)21(31-37(34,35)23(29)30)19(32)9-13-3-2-4-17(20(13)28)14-7-15(25)10-16(26)8-14/h2-4,7-8,10,18-19,21,23,31H,5-6,9,11-12H2,1H3/t18-,19+,21-/m1/s1. The van der Waals surface area contributed by atoms with E-state index < -0.39 is 69.4 Å². The number of sulfonamides is 1. The molecule has 2 aromatic rings. The molecule has 0 bridgehead atoms. The average molecular weight is 551 g/mol. The van der Waals surface area contributed by atoms with Crippen LogP contribution in [0.3, 0.4) is 0 Å². The smallest absolute Gasteiger partial charge is 0.350 e. The van der Waals surface area contributed by atoms with E-state index in [1.54, 1.807) is 0 Å². The Morgan fingerprint density at radius 2 is 1.78 bits per heavy atom. The van der Waals surface area contributed by atoms with Crippen LogP contribution in [0.1, 0.15) is 18.4 Å². The highest BCUT2D eigenvalue weighted by Gasteiger charge is 2.62. The Morgan fingerprint density at radius 3 is 2.35 bits per heavy atom. The summed E-state index contributed by atoms with van der Waals surface area (Å²) < 4.78 is 115. The molecular weight excluding hydrogens is 526 g/mol. The summed E-state index contributed by atoms with van der Waals surface area (Å²) in [6.07, 6.45) is -1.71. The van der Waals surface area contributed by atoms with Gasteiger partial charge in [-0.15, -0.1) is 0 Å². The number of halogens is 6. The Morgan fingerprint density at radius 1 is 1.14 bits per heavy atom. The minimum Gasteiger partial charge on any atom is -0.381 e. The molecule has 3 atom stereocenters. The summed E-state index contributed by atoms with van der Waals surface area (Å²) in [5, 5.41) is 0. The predicted molar refractivity (Wildman–Crippen MR) is 121 cm³/mol. The van der Waals surface area contributed by atoms with Gasteiger partial charge in [0.2, 0.25) is 6.17 Å². The van der Waals surface area contributed by atoms with E-state index in [9.17, 15) is 35.2 Å². The topological polar surface area (TPSA) is 75.7 Å². The zero-order valence-corrected chi connectivity index (χ0v) is 20.4. The van der Waals surface area contributed by atoms with Crippen LogP contribution in [0, 0.1) is 22.9 Å². The van der Waals surface area contributed by atoms with Crippen LogP contribution in [-0.4, -0.2) is 63.5 Å². The van der Waals surface area contributed by atoms with Gasteiger partial charge in [0.15, 0.2) is 0 Å². The second-order valence-corrected chi connectivity index (χ2v) is 11.0. The molecule has 1 saturated carbocycles. The van der Waals surface area contributed by atoms with Crippen LogP contribution in [0.2, 0.25) is 0 Å². The van der Waals surface area contributed by atoms with Gasteiger partial charge in [-0.2, -0.15) is 8.78 Å². The highest BCUT2D eigenvalue weighted by atomic mass is 32.2. The first-order chi connectivity index (χ1) is 17.4. The van der Waals surface area contributed by atoms with Crippen molar-refractivity contribution in [2.75, 3.05) is 20.3 Å². The van der Waals surface area contributed by atoms with E-state index in [4.69, 9.17) is 4.74 Å². The molecular formula is C24H24F6N2O4S. The predicted octanol–water partition coefficient (Wildman–Crippen LogP) is 3.80. The van der Waals surface area contributed by atoms with Gasteiger partial charge in [-0.25, -0.2) is 30.7 Å². The van der Waals surface area contributed by atoms with E-state index in [0.717, 1.165) is 17.0 Å². The van der Waals surface area contributed by atoms with E-state index in [0.29, 0.717) is 18.9 Å². The van der Waals surface area contributed by atoms with Crippen molar-refractivity contribution in [3.63, 3.8) is 0 Å². The molecule has 1 aliphatic carbocycles. The lowest BCUT2D eigenvalue weighted by atomic mass is 9.91. The normalized spacial score (nSPS) is 21.6. The van der Waals surface area contributed by atoms with Gasteiger partial charge in [0.05, 0.1) is 12.6 Å². The molecule has 1 aliphatic heterocycles. The Labute approximate surface area is 209 Å².